The monoisotopic (exact) mass is 252 g/mol. The van der Waals surface area contributed by atoms with Gasteiger partial charge in [-0.05, 0) is 29.2 Å². The van der Waals surface area contributed by atoms with Crippen molar-refractivity contribution in [3.63, 3.8) is 0 Å². The average molecular weight is 252 g/mol. The number of benzene rings is 1. The normalized spacial score (nSPS) is 17.9. The highest BCUT2D eigenvalue weighted by Gasteiger charge is 2.22. The minimum absolute atomic E-state index is 0.147. The van der Waals surface area contributed by atoms with Crippen molar-refractivity contribution < 1.29 is 0 Å². The summed E-state index contributed by atoms with van der Waals surface area (Å²) in [5.74, 6) is 0.979. The van der Waals surface area contributed by atoms with Crippen LogP contribution in [0.25, 0.3) is 0 Å². The van der Waals surface area contributed by atoms with Gasteiger partial charge in [0.2, 0.25) is 0 Å². The molecule has 1 unspecified atom stereocenters. The molecule has 1 aromatic carbocycles. The number of anilines is 1. The van der Waals surface area contributed by atoms with Crippen molar-refractivity contribution >= 4 is 5.82 Å². The highest BCUT2D eigenvalue weighted by atomic mass is 15.1. The van der Waals surface area contributed by atoms with Gasteiger partial charge in [0.15, 0.2) is 0 Å². The maximum Gasteiger partial charge on any atom is 0.127 e. The Bertz CT molecular complexity index is 560. The smallest absolute Gasteiger partial charge is 0.127 e. The van der Waals surface area contributed by atoms with Crippen molar-refractivity contribution in [3.8, 4) is 0 Å². The zero-order valence-electron chi connectivity index (χ0n) is 11.4. The van der Waals surface area contributed by atoms with Crippen LogP contribution in [-0.2, 0) is 6.42 Å². The molecule has 3 heteroatoms. The summed E-state index contributed by atoms with van der Waals surface area (Å²) in [6, 6.07) is 12.9. The Hall–Kier alpha value is -1.87. The number of rotatable bonds is 2. The summed E-state index contributed by atoms with van der Waals surface area (Å²) in [7, 11) is 4.00. The molecule has 1 radical (unpaired) electrons. The summed E-state index contributed by atoms with van der Waals surface area (Å²) in [5.41, 5.74) is 3.92. The molecule has 1 aromatic heterocycles. The minimum atomic E-state index is 0.147. The summed E-state index contributed by atoms with van der Waals surface area (Å²) in [6.07, 6.45) is 3.00. The van der Waals surface area contributed by atoms with Crippen LogP contribution in [0.2, 0.25) is 0 Å². The SMILES string of the molecule is CN(C)c1ccc(C2[N]CCc3ccccc32)cn1. The molecule has 19 heavy (non-hydrogen) atoms. The van der Waals surface area contributed by atoms with E-state index >= 15 is 0 Å². The maximum atomic E-state index is 4.76. The van der Waals surface area contributed by atoms with E-state index in [0.29, 0.717) is 0 Å². The molecule has 1 aliphatic heterocycles. The minimum Gasteiger partial charge on any atom is -0.363 e. The Labute approximate surface area is 114 Å². The number of hydrogen-bond donors (Lipinski definition) is 0. The Morgan fingerprint density at radius 3 is 2.68 bits per heavy atom. The van der Waals surface area contributed by atoms with Gasteiger partial charge in [-0.25, -0.2) is 10.3 Å². The number of hydrogen-bond acceptors (Lipinski definition) is 2. The van der Waals surface area contributed by atoms with Gasteiger partial charge in [0.1, 0.15) is 5.82 Å². The zero-order valence-corrected chi connectivity index (χ0v) is 11.4. The first-order chi connectivity index (χ1) is 9.25. The van der Waals surface area contributed by atoms with Gasteiger partial charge < -0.3 is 4.90 Å². The van der Waals surface area contributed by atoms with E-state index in [1.807, 2.05) is 25.2 Å². The second-order valence-corrected chi connectivity index (χ2v) is 5.10. The topological polar surface area (TPSA) is 30.2 Å². The van der Waals surface area contributed by atoms with Gasteiger partial charge in [0, 0.05) is 26.8 Å². The maximum absolute atomic E-state index is 4.76. The quantitative estimate of drug-likeness (QED) is 0.821. The van der Waals surface area contributed by atoms with E-state index < -0.39 is 0 Å². The summed E-state index contributed by atoms with van der Waals surface area (Å²) >= 11 is 0. The first-order valence-corrected chi connectivity index (χ1v) is 6.63. The molecule has 0 saturated carbocycles. The molecule has 1 aliphatic rings. The molecule has 0 N–H and O–H groups in total. The van der Waals surface area contributed by atoms with Crippen LogP contribution in [0.1, 0.15) is 22.7 Å². The van der Waals surface area contributed by atoms with E-state index in [1.165, 1.54) is 16.7 Å². The molecule has 1 atom stereocenters. The number of fused-ring (bicyclic) bond motifs is 1. The molecule has 2 aromatic rings. The Morgan fingerprint density at radius 1 is 1.11 bits per heavy atom. The van der Waals surface area contributed by atoms with E-state index in [1.54, 1.807) is 0 Å². The second kappa shape index (κ2) is 5.02. The first kappa shape index (κ1) is 12.2. The third kappa shape index (κ3) is 2.34. The fourth-order valence-electron chi connectivity index (χ4n) is 2.55. The van der Waals surface area contributed by atoms with Gasteiger partial charge in [0.05, 0.1) is 6.04 Å². The van der Waals surface area contributed by atoms with E-state index in [-0.39, 0.29) is 6.04 Å². The highest BCUT2D eigenvalue weighted by molar-refractivity contribution is 5.42. The van der Waals surface area contributed by atoms with Gasteiger partial charge in [-0.15, -0.1) is 0 Å². The van der Waals surface area contributed by atoms with Gasteiger partial charge in [-0.2, -0.15) is 0 Å². The lowest BCUT2D eigenvalue weighted by Gasteiger charge is -2.25. The molecule has 97 valence electrons. The summed E-state index contributed by atoms with van der Waals surface area (Å²) in [5, 5.41) is 4.76. The molecule has 0 fully saturated rings. The predicted octanol–water partition coefficient (Wildman–Crippen LogP) is 2.40. The van der Waals surface area contributed by atoms with E-state index in [0.717, 1.165) is 18.8 Å². The Morgan fingerprint density at radius 2 is 1.95 bits per heavy atom. The Kier molecular flexibility index (Phi) is 3.22. The van der Waals surface area contributed by atoms with Crippen molar-refractivity contribution in [3.05, 3.63) is 59.3 Å². The predicted molar refractivity (Wildman–Crippen MR) is 77.6 cm³/mol. The molecule has 3 rings (SSSR count). The van der Waals surface area contributed by atoms with Crippen molar-refractivity contribution in [1.29, 1.82) is 0 Å². The fraction of sp³-hybridized carbons (Fsp3) is 0.312. The number of aromatic nitrogens is 1. The summed E-state index contributed by atoms with van der Waals surface area (Å²) in [6.45, 7) is 0.900. The molecule has 0 amide bonds. The van der Waals surface area contributed by atoms with Crippen LogP contribution < -0.4 is 10.2 Å². The summed E-state index contributed by atoms with van der Waals surface area (Å²) < 4.78 is 0. The lowest BCUT2D eigenvalue weighted by atomic mass is 9.91. The van der Waals surface area contributed by atoms with E-state index in [2.05, 4.69) is 41.4 Å². The molecule has 0 aliphatic carbocycles. The molecule has 0 saturated heterocycles. The summed E-state index contributed by atoms with van der Waals surface area (Å²) in [4.78, 5) is 6.50. The van der Waals surface area contributed by atoms with Gasteiger partial charge in [0.25, 0.3) is 0 Å². The van der Waals surface area contributed by atoms with Crippen LogP contribution in [0.5, 0.6) is 0 Å². The molecule has 3 nitrogen and oxygen atoms in total. The van der Waals surface area contributed by atoms with E-state index in [9.17, 15) is 0 Å². The number of nitrogens with zero attached hydrogens (tertiary/aromatic N) is 3. The van der Waals surface area contributed by atoms with Gasteiger partial charge >= 0.3 is 0 Å². The van der Waals surface area contributed by atoms with Crippen molar-refractivity contribution in [2.24, 2.45) is 0 Å². The van der Waals surface area contributed by atoms with Gasteiger partial charge in [-0.1, -0.05) is 30.3 Å². The molecule has 0 bridgehead atoms. The fourth-order valence-corrected chi connectivity index (χ4v) is 2.55. The third-order valence-corrected chi connectivity index (χ3v) is 3.59. The first-order valence-electron chi connectivity index (χ1n) is 6.63. The number of pyridine rings is 1. The van der Waals surface area contributed by atoms with Crippen LogP contribution in [-0.4, -0.2) is 25.6 Å². The lowest BCUT2D eigenvalue weighted by molar-refractivity contribution is 0.554. The zero-order chi connectivity index (χ0) is 13.2. The molecule has 2 heterocycles. The molecular formula is C16H18N3. The van der Waals surface area contributed by atoms with Crippen molar-refractivity contribution in [2.75, 3.05) is 25.5 Å². The largest absolute Gasteiger partial charge is 0.363 e. The van der Waals surface area contributed by atoms with Crippen LogP contribution in [0, 0.1) is 0 Å². The van der Waals surface area contributed by atoms with Crippen LogP contribution >= 0.6 is 0 Å². The second-order valence-electron chi connectivity index (χ2n) is 5.10. The van der Waals surface area contributed by atoms with Gasteiger partial charge in [-0.3, -0.25) is 0 Å². The lowest BCUT2D eigenvalue weighted by Crippen LogP contribution is -2.25. The molecular weight excluding hydrogens is 234 g/mol. The average Bonchev–Trinajstić information content (AvgIpc) is 2.47. The van der Waals surface area contributed by atoms with Crippen molar-refractivity contribution in [2.45, 2.75) is 12.5 Å². The van der Waals surface area contributed by atoms with Crippen molar-refractivity contribution in [1.82, 2.24) is 10.3 Å². The molecule has 0 spiro atoms. The highest BCUT2D eigenvalue weighted by Crippen LogP contribution is 2.29. The third-order valence-electron chi connectivity index (χ3n) is 3.59. The van der Waals surface area contributed by atoms with Crippen LogP contribution in [0.15, 0.2) is 42.6 Å². The van der Waals surface area contributed by atoms with Crippen LogP contribution in [0.3, 0.4) is 0 Å². The van der Waals surface area contributed by atoms with Crippen LogP contribution in [0.4, 0.5) is 5.82 Å². The van der Waals surface area contributed by atoms with E-state index in [4.69, 9.17) is 5.32 Å². The standard InChI is InChI=1S/C16H18N3/c1-19(2)15-8-7-13(11-18-15)16-14-6-4-3-5-12(14)9-10-17-16/h3-8,11,16H,9-10H2,1-2H3. The Balaban J connectivity index is 1.95.